The summed E-state index contributed by atoms with van der Waals surface area (Å²) < 4.78 is 7.22. The zero-order valence-electron chi connectivity index (χ0n) is 16.2. The Bertz CT molecular complexity index is 774. The van der Waals surface area contributed by atoms with E-state index in [1.165, 1.54) is 0 Å². The molecule has 0 amide bonds. The van der Waals surface area contributed by atoms with Crippen molar-refractivity contribution < 1.29 is 14.6 Å². The lowest BCUT2D eigenvalue weighted by Crippen LogP contribution is -2.39. The highest BCUT2D eigenvalue weighted by atomic mass is 16.5. The van der Waals surface area contributed by atoms with Crippen molar-refractivity contribution in [1.29, 1.82) is 0 Å². The molecule has 1 aliphatic heterocycles. The molecule has 2 heterocycles. The predicted molar refractivity (Wildman–Crippen MR) is 103 cm³/mol. The highest BCUT2D eigenvalue weighted by Gasteiger charge is 2.29. The van der Waals surface area contributed by atoms with Crippen molar-refractivity contribution in [3.63, 3.8) is 0 Å². The van der Waals surface area contributed by atoms with Crippen LogP contribution in [0.4, 0.5) is 0 Å². The van der Waals surface area contributed by atoms with Crippen LogP contribution in [0.25, 0.3) is 5.69 Å². The van der Waals surface area contributed by atoms with Crippen LogP contribution in [0.15, 0.2) is 36.7 Å². The van der Waals surface area contributed by atoms with Gasteiger partial charge in [-0.2, -0.15) is 5.10 Å². The van der Waals surface area contributed by atoms with Crippen molar-refractivity contribution in [3.8, 4) is 11.4 Å². The van der Waals surface area contributed by atoms with E-state index in [0.29, 0.717) is 19.1 Å². The molecule has 3 rings (SSSR count). The smallest absolute Gasteiger partial charge is 0.307 e. The molecule has 1 N–H and O–H groups in total. The SMILES string of the molecule is COc1ccccc1-n1cc(CN2C[C@@H](C(=O)O)CC[C@@H](N(C)C)C2)cn1. The van der Waals surface area contributed by atoms with Gasteiger partial charge in [0.2, 0.25) is 0 Å². The molecule has 1 aliphatic rings. The van der Waals surface area contributed by atoms with Gasteiger partial charge in [0.25, 0.3) is 0 Å². The molecule has 2 aromatic rings. The fourth-order valence-electron chi connectivity index (χ4n) is 3.66. The topological polar surface area (TPSA) is 70.8 Å². The molecule has 0 saturated carbocycles. The Morgan fingerprint density at radius 2 is 2.07 bits per heavy atom. The van der Waals surface area contributed by atoms with Crippen LogP contribution in [0.5, 0.6) is 5.75 Å². The van der Waals surface area contributed by atoms with E-state index in [2.05, 4.69) is 29.0 Å². The lowest BCUT2D eigenvalue weighted by molar-refractivity contribution is -0.142. The van der Waals surface area contributed by atoms with Gasteiger partial charge in [0.1, 0.15) is 11.4 Å². The van der Waals surface area contributed by atoms with Crippen molar-refractivity contribution in [2.24, 2.45) is 5.92 Å². The number of ether oxygens (including phenoxy) is 1. The minimum atomic E-state index is -0.705. The highest BCUT2D eigenvalue weighted by Crippen LogP contribution is 2.24. The summed E-state index contributed by atoms with van der Waals surface area (Å²) in [6.07, 6.45) is 5.46. The van der Waals surface area contributed by atoms with Crippen LogP contribution in [0.3, 0.4) is 0 Å². The molecule has 0 spiro atoms. The Morgan fingerprint density at radius 1 is 1.30 bits per heavy atom. The molecule has 7 nitrogen and oxygen atoms in total. The molecule has 0 bridgehead atoms. The maximum absolute atomic E-state index is 11.6. The van der Waals surface area contributed by atoms with E-state index in [1.54, 1.807) is 7.11 Å². The molecular weight excluding hydrogens is 344 g/mol. The number of carboxylic acid groups (broad SMARTS) is 1. The lowest BCUT2D eigenvalue weighted by Gasteiger charge is -2.28. The number of rotatable bonds is 6. The number of methoxy groups -OCH3 is 1. The minimum absolute atomic E-state index is 0.320. The fourth-order valence-corrected chi connectivity index (χ4v) is 3.66. The number of hydrogen-bond acceptors (Lipinski definition) is 5. The molecule has 1 saturated heterocycles. The summed E-state index contributed by atoms with van der Waals surface area (Å²) in [6, 6.07) is 8.11. The molecule has 1 fully saturated rings. The van der Waals surface area contributed by atoms with Gasteiger partial charge in [0, 0.05) is 37.4 Å². The van der Waals surface area contributed by atoms with E-state index < -0.39 is 5.97 Å². The van der Waals surface area contributed by atoms with Gasteiger partial charge in [-0.3, -0.25) is 9.69 Å². The van der Waals surface area contributed by atoms with Gasteiger partial charge in [0.15, 0.2) is 0 Å². The number of likely N-dealkylation sites (N-methyl/N-ethyl adjacent to an activating group) is 1. The summed E-state index contributed by atoms with van der Waals surface area (Å²) >= 11 is 0. The lowest BCUT2D eigenvalue weighted by atomic mass is 10.0. The minimum Gasteiger partial charge on any atom is -0.494 e. The van der Waals surface area contributed by atoms with Crippen LogP contribution >= 0.6 is 0 Å². The van der Waals surface area contributed by atoms with Crippen molar-refractivity contribution in [2.45, 2.75) is 25.4 Å². The number of aromatic nitrogens is 2. The van der Waals surface area contributed by atoms with Crippen LogP contribution in [0, 0.1) is 5.92 Å². The number of nitrogens with zero attached hydrogens (tertiary/aromatic N) is 4. The summed E-state index contributed by atoms with van der Waals surface area (Å²) in [5.41, 5.74) is 1.95. The molecular formula is C20H28N4O3. The number of hydrogen-bond donors (Lipinski definition) is 1. The summed E-state index contributed by atoms with van der Waals surface area (Å²) in [4.78, 5) is 16.0. The molecule has 1 aromatic carbocycles. The first kappa shape index (κ1) is 19.4. The Labute approximate surface area is 160 Å². The second-order valence-electron chi connectivity index (χ2n) is 7.39. The Balaban J connectivity index is 1.77. The largest absolute Gasteiger partial charge is 0.494 e. The number of para-hydroxylation sites is 2. The Hall–Kier alpha value is -2.38. The monoisotopic (exact) mass is 372 g/mol. The molecule has 0 aliphatic carbocycles. The van der Waals surface area contributed by atoms with Crippen LogP contribution in [-0.4, -0.2) is 71.0 Å². The zero-order valence-corrected chi connectivity index (χ0v) is 16.2. The first-order valence-corrected chi connectivity index (χ1v) is 9.26. The van der Waals surface area contributed by atoms with Gasteiger partial charge in [-0.15, -0.1) is 0 Å². The fraction of sp³-hybridized carbons (Fsp3) is 0.500. The van der Waals surface area contributed by atoms with Crippen molar-refractivity contribution >= 4 is 5.97 Å². The Morgan fingerprint density at radius 3 is 2.78 bits per heavy atom. The van der Waals surface area contributed by atoms with Crippen LogP contribution in [-0.2, 0) is 11.3 Å². The maximum atomic E-state index is 11.6. The van der Waals surface area contributed by atoms with Crippen LogP contribution < -0.4 is 4.74 Å². The van der Waals surface area contributed by atoms with Gasteiger partial charge in [-0.05, 0) is 39.1 Å². The molecule has 1 aromatic heterocycles. The van der Waals surface area contributed by atoms with Gasteiger partial charge < -0.3 is 14.7 Å². The van der Waals surface area contributed by atoms with Crippen molar-refractivity contribution in [3.05, 3.63) is 42.2 Å². The second-order valence-corrected chi connectivity index (χ2v) is 7.39. The number of benzene rings is 1. The number of carboxylic acids is 1. The second kappa shape index (κ2) is 8.54. The van der Waals surface area contributed by atoms with Gasteiger partial charge >= 0.3 is 5.97 Å². The van der Waals surface area contributed by atoms with Gasteiger partial charge in [0.05, 0.1) is 19.2 Å². The van der Waals surface area contributed by atoms with E-state index in [-0.39, 0.29) is 5.92 Å². The van der Waals surface area contributed by atoms with E-state index in [9.17, 15) is 9.90 Å². The predicted octanol–water partition coefficient (Wildman–Crippen LogP) is 2.11. The average molecular weight is 372 g/mol. The van der Waals surface area contributed by atoms with E-state index in [4.69, 9.17) is 4.74 Å². The molecule has 27 heavy (non-hydrogen) atoms. The summed E-state index contributed by atoms with van der Waals surface area (Å²) in [7, 11) is 5.77. The third kappa shape index (κ3) is 4.67. The molecule has 2 atom stereocenters. The summed E-state index contributed by atoms with van der Waals surface area (Å²) in [6.45, 7) is 2.11. The third-order valence-electron chi connectivity index (χ3n) is 5.25. The Kier molecular flexibility index (Phi) is 6.13. The number of carbonyl (C=O) groups is 1. The number of likely N-dealkylation sites (tertiary alicyclic amines) is 1. The average Bonchev–Trinajstić information content (AvgIpc) is 2.99. The number of aliphatic carboxylic acids is 1. The third-order valence-corrected chi connectivity index (χ3v) is 5.25. The molecule has 146 valence electrons. The van der Waals surface area contributed by atoms with Crippen molar-refractivity contribution in [1.82, 2.24) is 19.6 Å². The van der Waals surface area contributed by atoms with Crippen molar-refractivity contribution in [2.75, 3.05) is 34.3 Å². The zero-order chi connectivity index (χ0) is 19.4. The molecule has 0 unspecified atom stereocenters. The van der Waals surface area contributed by atoms with E-state index >= 15 is 0 Å². The first-order valence-electron chi connectivity index (χ1n) is 9.26. The quantitative estimate of drug-likeness (QED) is 0.837. The van der Waals surface area contributed by atoms with Crippen LogP contribution in [0.1, 0.15) is 18.4 Å². The van der Waals surface area contributed by atoms with E-state index in [1.807, 2.05) is 41.3 Å². The standard InChI is InChI=1S/C20H28N4O3/c1-22(2)17-9-8-16(20(25)26)13-23(14-17)11-15-10-21-24(12-15)18-6-4-5-7-19(18)27-3/h4-7,10,12,16-17H,8-9,11,13-14H2,1-3H3,(H,25,26)/t16-,17+/m0/s1. The normalized spacial score (nSPS) is 21.2. The molecule has 7 heteroatoms. The summed E-state index contributed by atoms with van der Waals surface area (Å²) in [5.74, 6) is -0.260. The highest BCUT2D eigenvalue weighted by molar-refractivity contribution is 5.70. The first-order chi connectivity index (χ1) is 13.0. The molecule has 0 radical (unpaired) electrons. The van der Waals surface area contributed by atoms with Gasteiger partial charge in [-0.1, -0.05) is 12.1 Å². The van der Waals surface area contributed by atoms with E-state index in [0.717, 1.165) is 36.4 Å². The summed E-state index contributed by atoms with van der Waals surface area (Å²) in [5, 5.41) is 14.0. The van der Waals surface area contributed by atoms with Crippen LogP contribution in [0.2, 0.25) is 0 Å². The van der Waals surface area contributed by atoms with Gasteiger partial charge in [-0.25, -0.2) is 4.68 Å². The maximum Gasteiger partial charge on any atom is 0.307 e.